The number of methoxy groups -OCH3 is 1. The highest BCUT2D eigenvalue weighted by molar-refractivity contribution is 7.17. The van der Waals surface area contributed by atoms with Crippen LogP contribution in [-0.2, 0) is 4.74 Å². The predicted octanol–water partition coefficient (Wildman–Crippen LogP) is 4.87. The van der Waals surface area contributed by atoms with Crippen molar-refractivity contribution in [3.05, 3.63) is 93.7 Å². The molecule has 0 unspecified atom stereocenters. The van der Waals surface area contributed by atoms with E-state index in [1.54, 1.807) is 51.4 Å². The number of carbonyl (C=O) groups excluding carboxylic acids is 5. The zero-order valence-corrected chi connectivity index (χ0v) is 46.9. The van der Waals surface area contributed by atoms with Gasteiger partial charge in [-0.1, -0.05) is 0 Å². The Labute approximate surface area is 465 Å². The molecule has 8 heterocycles. The zero-order valence-electron chi connectivity index (χ0n) is 45.3. The molecule has 2 aliphatic heterocycles. The van der Waals surface area contributed by atoms with Crippen molar-refractivity contribution in [3.8, 4) is 43.4 Å². The fourth-order valence-corrected chi connectivity index (χ4v) is 10.5. The van der Waals surface area contributed by atoms with Crippen LogP contribution in [0.15, 0.2) is 61.4 Å². The van der Waals surface area contributed by atoms with Crippen molar-refractivity contribution < 1.29 is 38.6 Å². The Morgan fingerprint density at radius 3 is 1.39 bits per heavy atom. The Morgan fingerprint density at radius 2 is 0.987 bits per heavy atom. The van der Waals surface area contributed by atoms with E-state index in [9.17, 15) is 33.9 Å². The number of thiazole rings is 2. The Hall–Kier alpha value is -7.88. The number of urea groups is 2. The number of carboxylic acid groups (broad SMARTS) is 1. The first kappa shape index (κ1) is 58.8. The van der Waals surface area contributed by atoms with Crippen LogP contribution in [0.4, 0.5) is 21.2 Å². The first-order valence-electron chi connectivity index (χ1n) is 25.7. The number of aryl methyl sites for hydroxylation is 2. The third kappa shape index (κ3) is 16.1. The van der Waals surface area contributed by atoms with Gasteiger partial charge in [-0.2, -0.15) is 0 Å². The number of hydrogen-bond acceptors (Lipinski definition) is 19. The van der Waals surface area contributed by atoms with Crippen molar-refractivity contribution in [3.63, 3.8) is 0 Å². The van der Waals surface area contributed by atoms with Crippen LogP contribution >= 0.6 is 22.7 Å². The summed E-state index contributed by atoms with van der Waals surface area (Å²) >= 11 is 2.49. The molecule has 0 aromatic carbocycles. The first-order valence-corrected chi connectivity index (χ1v) is 27.3. The summed E-state index contributed by atoms with van der Waals surface area (Å²) in [6, 6.07) is 5.71. The van der Waals surface area contributed by atoms with Gasteiger partial charge in [-0.3, -0.25) is 40.0 Å². The number of carboxylic acids is 1. The van der Waals surface area contributed by atoms with Gasteiger partial charge in [-0.15, -0.1) is 22.7 Å². The molecule has 0 spiro atoms. The summed E-state index contributed by atoms with van der Waals surface area (Å²) in [5.41, 5.74) is 5.04. The number of likely N-dealkylation sites (N-methyl/N-ethyl adjacent to an activating group) is 2. The quantitative estimate of drug-likeness (QED) is 0.0565. The number of nitrogens with zero attached hydrogens (tertiary/aromatic N) is 10. The number of ether oxygens (including phenoxy) is 1. The van der Waals surface area contributed by atoms with Gasteiger partial charge in [0.1, 0.15) is 31.4 Å². The van der Waals surface area contributed by atoms with Crippen molar-refractivity contribution >= 4 is 70.1 Å². The van der Waals surface area contributed by atoms with Gasteiger partial charge in [-0.25, -0.2) is 39.1 Å². The smallest absolute Gasteiger partial charge is 0.339 e. The summed E-state index contributed by atoms with van der Waals surface area (Å²) in [5.74, 6) is -1.40. The maximum Gasteiger partial charge on any atom is 0.339 e. The second-order valence-electron chi connectivity index (χ2n) is 18.6. The minimum atomic E-state index is -1.10. The number of aromatic carboxylic acids is 1. The van der Waals surface area contributed by atoms with E-state index >= 15 is 0 Å². The maximum absolute atomic E-state index is 13.1. The van der Waals surface area contributed by atoms with Crippen LogP contribution in [-0.4, -0.2) is 203 Å². The highest BCUT2D eigenvalue weighted by Crippen LogP contribution is 2.38. The van der Waals surface area contributed by atoms with Gasteiger partial charge in [0, 0.05) is 162 Å². The van der Waals surface area contributed by atoms with Crippen LogP contribution in [0.2, 0.25) is 0 Å². The number of aromatic nitrogens is 6. The molecule has 2 fully saturated rings. The lowest BCUT2D eigenvalue weighted by atomic mass is 10.0. The Kier molecular flexibility index (Phi) is 20.9. The molecular formula is C53H66N16O8S2. The summed E-state index contributed by atoms with van der Waals surface area (Å²) in [6.07, 6.45) is 8.95. The summed E-state index contributed by atoms with van der Waals surface area (Å²) < 4.78 is 4.84. The lowest BCUT2D eigenvalue weighted by molar-refractivity contribution is 0.0599. The van der Waals surface area contributed by atoms with E-state index in [4.69, 9.17) is 9.72 Å². The monoisotopic (exact) mass is 1120 g/mol. The van der Waals surface area contributed by atoms with E-state index in [1.807, 2.05) is 6.92 Å². The third-order valence-electron chi connectivity index (χ3n) is 12.8. The third-order valence-corrected chi connectivity index (χ3v) is 15.2. The largest absolute Gasteiger partial charge is 0.478 e. The molecule has 0 saturated carbocycles. The topological polar surface area (TPSA) is 294 Å². The molecule has 418 valence electrons. The van der Waals surface area contributed by atoms with Crippen molar-refractivity contribution in [1.29, 1.82) is 0 Å². The minimum Gasteiger partial charge on any atom is -0.478 e. The molecule has 0 radical (unpaired) electrons. The zero-order chi connectivity index (χ0) is 56.6. The maximum atomic E-state index is 13.1. The normalized spacial score (nSPS) is 14.1. The van der Waals surface area contributed by atoms with Crippen molar-refractivity contribution in [2.75, 3.05) is 123 Å². The number of rotatable bonds is 18. The standard InChI is InChI=1S/C27H34N8O4S.C26H32N8O4S/c1-5-29-27(38)33-22-13-20(21(16-31-22)18-12-19(15-28-14-18)26(37)39-4)25-32-17(2)23(40-25)24(36)30-6-7-35-10-8-34(3)9-11-35;1-4-28-26(38)32-21-12-19(20(15-30-21)17-11-18(25(36)37)14-27-13-17)24-31-16(2)22(39-24)23(35)29-5-6-34-9-7-33(3)8-10-34/h12-16H,5-11H2,1-4H3,(H,30,36)(H2,29,31,33,38);11-15H,4-10H2,1-3H3,(H,29,35)(H,36,37)(H2,28,30,32,38). The Balaban J connectivity index is 0.000000229. The molecule has 0 bridgehead atoms. The van der Waals surface area contributed by atoms with Gasteiger partial charge < -0.3 is 40.9 Å². The van der Waals surface area contributed by atoms with Gasteiger partial charge in [-0.05, 0) is 66.1 Å². The summed E-state index contributed by atoms with van der Waals surface area (Å²) in [5, 5.41) is 27.3. The lowest BCUT2D eigenvalue weighted by Gasteiger charge is -2.32. The van der Waals surface area contributed by atoms with E-state index in [-0.39, 0.29) is 28.8 Å². The molecule has 6 amide bonds. The van der Waals surface area contributed by atoms with E-state index in [1.165, 1.54) is 60.6 Å². The van der Waals surface area contributed by atoms with E-state index in [0.29, 0.717) is 96.5 Å². The SMILES string of the molecule is CCNC(=O)Nc1cc(-c2nc(C)c(C(=O)NCCN3CCN(C)CC3)s2)c(-c2cncc(C(=O)O)c2)cn1.CCNC(=O)Nc1cc(-c2nc(C)c(C(=O)NCCN3CCN(C)CC3)s2)c(-c2cncc(C(=O)OC)c2)cn1. The summed E-state index contributed by atoms with van der Waals surface area (Å²) in [7, 11) is 5.53. The number of esters is 1. The molecule has 0 atom stereocenters. The van der Waals surface area contributed by atoms with Crippen LogP contribution in [0.1, 0.15) is 65.3 Å². The van der Waals surface area contributed by atoms with E-state index in [2.05, 4.69) is 90.5 Å². The van der Waals surface area contributed by atoms with E-state index < -0.39 is 24.0 Å². The Bertz CT molecular complexity index is 3140. The van der Waals surface area contributed by atoms with Gasteiger partial charge in [0.25, 0.3) is 11.8 Å². The van der Waals surface area contributed by atoms with Crippen LogP contribution < -0.4 is 31.9 Å². The molecular weight excluding hydrogens is 1050 g/mol. The van der Waals surface area contributed by atoms with Crippen LogP contribution in [0.3, 0.4) is 0 Å². The number of carbonyl (C=O) groups is 6. The summed E-state index contributed by atoms with van der Waals surface area (Å²) in [6.45, 7) is 18.7. The predicted molar refractivity (Wildman–Crippen MR) is 303 cm³/mol. The van der Waals surface area contributed by atoms with Crippen molar-refractivity contribution in [1.82, 2.24) is 70.8 Å². The van der Waals surface area contributed by atoms with Crippen LogP contribution in [0.5, 0.6) is 0 Å². The molecule has 2 aliphatic rings. The number of anilines is 2. The van der Waals surface area contributed by atoms with Crippen molar-refractivity contribution in [2.45, 2.75) is 27.7 Å². The molecule has 0 aliphatic carbocycles. The number of hydrogen-bond donors (Lipinski definition) is 7. The molecule has 6 aromatic heterocycles. The number of piperazine rings is 2. The second-order valence-corrected chi connectivity index (χ2v) is 20.6. The van der Waals surface area contributed by atoms with Crippen LogP contribution in [0.25, 0.3) is 43.4 Å². The number of pyridine rings is 4. The fraction of sp³-hybridized carbons (Fsp3) is 0.396. The minimum absolute atomic E-state index is 0.0266. The summed E-state index contributed by atoms with van der Waals surface area (Å²) in [4.78, 5) is 111. The second kappa shape index (κ2) is 28.1. The average molecular weight is 1120 g/mol. The highest BCUT2D eigenvalue weighted by atomic mass is 32.1. The van der Waals surface area contributed by atoms with Crippen molar-refractivity contribution in [2.24, 2.45) is 0 Å². The van der Waals surface area contributed by atoms with Gasteiger partial charge >= 0.3 is 24.0 Å². The molecule has 2 saturated heterocycles. The molecule has 24 nitrogen and oxygen atoms in total. The van der Waals surface area contributed by atoms with Gasteiger partial charge in [0.15, 0.2) is 0 Å². The van der Waals surface area contributed by atoms with Crippen LogP contribution in [0, 0.1) is 13.8 Å². The number of nitrogens with one attached hydrogen (secondary N) is 6. The number of amides is 6. The van der Waals surface area contributed by atoms with Gasteiger partial charge in [0.2, 0.25) is 0 Å². The Morgan fingerprint density at radius 1 is 0.570 bits per heavy atom. The average Bonchev–Trinajstić information content (AvgIpc) is 4.08. The highest BCUT2D eigenvalue weighted by Gasteiger charge is 2.24. The fourth-order valence-electron chi connectivity index (χ4n) is 8.43. The van der Waals surface area contributed by atoms with Gasteiger partial charge in [0.05, 0.1) is 29.6 Å². The molecule has 8 rings (SSSR count). The molecule has 7 N–H and O–H groups in total. The lowest BCUT2D eigenvalue weighted by Crippen LogP contribution is -2.46. The van der Waals surface area contributed by atoms with E-state index in [0.717, 1.165) is 65.4 Å². The molecule has 26 heteroatoms. The molecule has 6 aromatic rings. The molecule has 79 heavy (non-hydrogen) atoms. The first-order chi connectivity index (χ1) is 38.0.